The molecule has 0 fully saturated rings. The van der Waals surface area contributed by atoms with Crippen molar-refractivity contribution in [3.63, 3.8) is 0 Å². The summed E-state index contributed by atoms with van der Waals surface area (Å²) < 4.78 is 0. The summed E-state index contributed by atoms with van der Waals surface area (Å²) >= 11 is 0. The molecule has 0 aliphatic heterocycles. The maximum absolute atomic E-state index is 10.6. The Hall–Kier alpha value is -2.40. The molecule has 1 aromatic carbocycles. The van der Waals surface area contributed by atoms with Gasteiger partial charge in [0.1, 0.15) is 0 Å². The van der Waals surface area contributed by atoms with Crippen LogP contribution in [-0.4, -0.2) is 26.2 Å². The highest BCUT2D eigenvalue weighted by molar-refractivity contribution is 6.07. The minimum Gasteiger partial charge on any atom is -0.481 e. The van der Waals surface area contributed by atoms with Gasteiger partial charge in [0, 0.05) is 28.9 Å². The summed E-state index contributed by atoms with van der Waals surface area (Å²) in [6.07, 6.45) is 4.20. The number of nitrogens with one attached hydrogen (secondary N) is 1. The molecule has 2 aromatic heterocycles. The molecule has 0 saturated carbocycles. The summed E-state index contributed by atoms with van der Waals surface area (Å²) in [4.78, 5) is 18.4. The number of carbonyl (C=O) groups is 1. The summed E-state index contributed by atoms with van der Waals surface area (Å²) in [5, 5.41) is 20.2. The normalized spacial score (nSPS) is 11.3. The third-order valence-corrected chi connectivity index (χ3v) is 3.90. The Bertz CT molecular complexity index is 823. The fraction of sp³-hybridized carbons (Fsp3) is 0.294. The zero-order chi connectivity index (χ0) is 15.5. The fourth-order valence-electron chi connectivity index (χ4n) is 2.79. The molecule has 0 radical (unpaired) electrons. The largest absolute Gasteiger partial charge is 0.481 e. The van der Waals surface area contributed by atoms with Gasteiger partial charge in [-0.05, 0) is 37.0 Å². The molecule has 0 atom stereocenters. The van der Waals surface area contributed by atoms with Gasteiger partial charge in [-0.2, -0.15) is 0 Å². The number of nitrogens with zero attached hydrogens (tertiary/aromatic N) is 1. The van der Waals surface area contributed by atoms with Gasteiger partial charge >= 0.3 is 5.97 Å². The van der Waals surface area contributed by atoms with Gasteiger partial charge in [-0.1, -0.05) is 12.1 Å². The van der Waals surface area contributed by atoms with Gasteiger partial charge in [-0.25, -0.2) is 0 Å². The molecule has 0 bridgehead atoms. The first kappa shape index (κ1) is 14.5. The fourth-order valence-corrected chi connectivity index (χ4v) is 2.79. The average Bonchev–Trinajstić information content (AvgIpc) is 2.89. The number of aromatic nitrogens is 2. The lowest BCUT2D eigenvalue weighted by molar-refractivity contribution is -0.137. The first-order chi connectivity index (χ1) is 10.7. The van der Waals surface area contributed by atoms with E-state index in [0.717, 1.165) is 45.9 Å². The Morgan fingerprint density at radius 1 is 1.18 bits per heavy atom. The first-order valence-electron chi connectivity index (χ1n) is 7.40. The zero-order valence-corrected chi connectivity index (χ0v) is 12.2. The molecular weight excluding hydrogens is 280 g/mol. The number of carboxylic acid groups (broad SMARTS) is 1. The highest BCUT2D eigenvalue weighted by atomic mass is 16.4. The molecule has 0 amide bonds. The standard InChI is InChI=1S/C17H18N2O3/c20-10-11-5-6-12-13-7-8-18-14(3-1-2-4-16(21)22)17(13)19-15(12)9-11/h5-9,19-20H,1-4,10H2,(H,21,22). The molecule has 0 aliphatic rings. The van der Waals surface area contributed by atoms with Crippen molar-refractivity contribution in [1.29, 1.82) is 0 Å². The number of carboxylic acids is 1. The Labute approximate surface area is 127 Å². The van der Waals surface area contributed by atoms with Crippen LogP contribution >= 0.6 is 0 Å². The van der Waals surface area contributed by atoms with Crippen LogP contribution in [0.3, 0.4) is 0 Å². The van der Waals surface area contributed by atoms with E-state index in [9.17, 15) is 9.90 Å². The van der Waals surface area contributed by atoms with E-state index >= 15 is 0 Å². The molecule has 3 N–H and O–H groups in total. The SMILES string of the molecule is O=C(O)CCCCc1nccc2c1[nH]c1cc(CO)ccc12. The number of pyridine rings is 1. The predicted molar refractivity (Wildman–Crippen MR) is 84.7 cm³/mol. The van der Waals surface area contributed by atoms with Crippen LogP contribution in [-0.2, 0) is 17.8 Å². The maximum atomic E-state index is 10.6. The first-order valence-corrected chi connectivity index (χ1v) is 7.40. The van der Waals surface area contributed by atoms with Crippen molar-refractivity contribution in [1.82, 2.24) is 9.97 Å². The molecule has 3 rings (SSSR count). The van der Waals surface area contributed by atoms with Crippen LogP contribution in [0.15, 0.2) is 30.5 Å². The number of hydrogen-bond donors (Lipinski definition) is 3. The Kier molecular flexibility index (Phi) is 4.06. The molecule has 5 heteroatoms. The van der Waals surface area contributed by atoms with E-state index in [1.807, 2.05) is 24.3 Å². The van der Waals surface area contributed by atoms with Crippen LogP contribution in [0, 0.1) is 0 Å². The lowest BCUT2D eigenvalue weighted by atomic mass is 10.1. The van der Waals surface area contributed by atoms with Gasteiger partial charge in [0.05, 0.1) is 17.8 Å². The number of aliphatic hydroxyl groups excluding tert-OH is 1. The third kappa shape index (κ3) is 2.80. The second-order valence-electron chi connectivity index (χ2n) is 5.44. The van der Waals surface area contributed by atoms with E-state index in [0.29, 0.717) is 6.42 Å². The highest BCUT2D eigenvalue weighted by Gasteiger charge is 2.09. The summed E-state index contributed by atoms with van der Waals surface area (Å²) in [5.41, 5.74) is 3.82. The number of fused-ring (bicyclic) bond motifs is 3. The summed E-state index contributed by atoms with van der Waals surface area (Å²) in [5.74, 6) is -0.756. The second-order valence-corrected chi connectivity index (χ2v) is 5.44. The number of unbranched alkanes of at least 4 members (excludes halogenated alkanes) is 1. The van der Waals surface area contributed by atoms with E-state index in [-0.39, 0.29) is 13.0 Å². The van der Waals surface area contributed by atoms with Gasteiger partial charge in [0.2, 0.25) is 0 Å². The quantitative estimate of drug-likeness (QED) is 0.611. The molecule has 0 unspecified atom stereocenters. The molecule has 0 saturated heterocycles. The van der Waals surface area contributed by atoms with Gasteiger partial charge in [0.15, 0.2) is 0 Å². The molecule has 0 aliphatic carbocycles. The van der Waals surface area contributed by atoms with Crippen LogP contribution in [0.4, 0.5) is 0 Å². The Balaban J connectivity index is 1.92. The van der Waals surface area contributed by atoms with Crippen LogP contribution in [0.5, 0.6) is 0 Å². The smallest absolute Gasteiger partial charge is 0.303 e. The van der Waals surface area contributed by atoms with E-state index < -0.39 is 5.97 Å². The monoisotopic (exact) mass is 298 g/mol. The molecule has 2 heterocycles. The van der Waals surface area contributed by atoms with Crippen LogP contribution in [0.25, 0.3) is 21.8 Å². The molecule has 3 aromatic rings. The Morgan fingerprint density at radius 3 is 2.82 bits per heavy atom. The minimum atomic E-state index is -0.756. The zero-order valence-electron chi connectivity index (χ0n) is 12.2. The van der Waals surface area contributed by atoms with E-state index in [4.69, 9.17) is 5.11 Å². The lowest BCUT2D eigenvalue weighted by Gasteiger charge is -2.01. The predicted octanol–water partition coefficient (Wildman–Crippen LogP) is 3.01. The van der Waals surface area contributed by atoms with Crippen LogP contribution in [0.2, 0.25) is 0 Å². The number of aliphatic carboxylic acids is 1. The van der Waals surface area contributed by atoms with Crippen LogP contribution in [0.1, 0.15) is 30.5 Å². The van der Waals surface area contributed by atoms with Crippen molar-refractivity contribution in [2.45, 2.75) is 32.3 Å². The van der Waals surface area contributed by atoms with E-state index in [2.05, 4.69) is 9.97 Å². The van der Waals surface area contributed by atoms with Crippen molar-refractivity contribution in [3.05, 3.63) is 41.7 Å². The number of aliphatic hydroxyl groups is 1. The van der Waals surface area contributed by atoms with Crippen molar-refractivity contribution in [3.8, 4) is 0 Å². The molecular formula is C17H18N2O3. The summed E-state index contributed by atoms with van der Waals surface area (Å²) in [7, 11) is 0. The molecule has 0 spiro atoms. The van der Waals surface area contributed by atoms with E-state index in [1.54, 1.807) is 6.20 Å². The third-order valence-electron chi connectivity index (χ3n) is 3.90. The van der Waals surface area contributed by atoms with Gasteiger partial charge in [0.25, 0.3) is 0 Å². The van der Waals surface area contributed by atoms with Crippen LogP contribution < -0.4 is 0 Å². The van der Waals surface area contributed by atoms with Crippen molar-refractivity contribution < 1.29 is 15.0 Å². The second kappa shape index (κ2) is 6.15. The number of H-pyrrole nitrogens is 1. The number of hydrogen-bond acceptors (Lipinski definition) is 3. The molecule has 5 nitrogen and oxygen atoms in total. The van der Waals surface area contributed by atoms with Gasteiger partial charge in [-0.3, -0.25) is 9.78 Å². The average molecular weight is 298 g/mol. The highest BCUT2D eigenvalue weighted by Crippen LogP contribution is 2.28. The van der Waals surface area contributed by atoms with Gasteiger partial charge in [-0.15, -0.1) is 0 Å². The molecule has 22 heavy (non-hydrogen) atoms. The summed E-state index contributed by atoms with van der Waals surface area (Å²) in [6, 6.07) is 7.85. The minimum absolute atomic E-state index is 0.0194. The summed E-state index contributed by atoms with van der Waals surface area (Å²) in [6.45, 7) is 0.0194. The maximum Gasteiger partial charge on any atom is 0.303 e. The van der Waals surface area contributed by atoms with Crippen molar-refractivity contribution >= 4 is 27.8 Å². The molecule has 114 valence electrons. The van der Waals surface area contributed by atoms with Crippen molar-refractivity contribution in [2.75, 3.05) is 0 Å². The van der Waals surface area contributed by atoms with E-state index in [1.165, 1.54) is 0 Å². The number of aryl methyl sites for hydroxylation is 1. The number of rotatable bonds is 6. The lowest BCUT2D eigenvalue weighted by Crippen LogP contribution is -1.96. The number of benzene rings is 1. The van der Waals surface area contributed by atoms with Crippen molar-refractivity contribution in [2.24, 2.45) is 0 Å². The Morgan fingerprint density at radius 2 is 2.05 bits per heavy atom. The van der Waals surface area contributed by atoms with Gasteiger partial charge < -0.3 is 15.2 Å². The topological polar surface area (TPSA) is 86.2 Å². The number of aromatic amines is 1.